The minimum absolute atomic E-state index is 0.207. The van der Waals surface area contributed by atoms with E-state index in [0.717, 1.165) is 24.9 Å². The van der Waals surface area contributed by atoms with Gasteiger partial charge in [0.05, 0.1) is 0 Å². The van der Waals surface area contributed by atoms with Crippen LogP contribution in [0.25, 0.3) is 0 Å². The van der Waals surface area contributed by atoms with Gasteiger partial charge in [0.25, 0.3) is 0 Å². The molecular weight excluding hydrogens is 218 g/mol. The molecule has 0 saturated heterocycles. The Hall–Kier alpha value is -0.820. The molecule has 1 N–H and O–H groups in total. The zero-order valence-electron chi connectivity index (χ0n) is 12.7. The van der Waals surface area contributed by atoms with Crippen LogP contribution in [-0.4, -0.2) is 13.1 Å². The van der Waals surface area contributed by atoms with Gasteiger partial charge in [-0.05, 0) is 30.4 Å². The Morgan fingerprint density at radius 1 is 1.06 bits per heavy atom. The second kappa shape index (κ2) is 6.94. The van der Waals surface area contributed by atoms with Crippen LogP contribution in [0, 0.1) is 11.8 Å². The van der Waals surface area contributed by atoms with Crippen molar-refractivity contribution in [2.24, 2.45) is 11.8 Å². The van der Waals surface area contributed by atoms with Crippen molar-refractivity contribution < 1.29 is 0 Å². The van der Waals surface area contributed by atoms with Gasteiger partial charge in [-0.25, -0.2) is 0 Å². The molecule has 0 aliphatic rings. The number of nitrogens with one attached hydrogen (secondary N) is 1. The van der Waals surface area contributed by atoms with Crippen molar-refractivity contribution in [2.75, 3.05) is 13.1 Å². The summed E-state index contributed by atoms with van der Waals surface area (Å²) >= 11 is 0. The zero-order chi connectivity index (χ0) is 13.6. The highest BCUT2D eigenvalue weighted by Crippen LogP contribution is 2.21. The molecule has 1 heteroatoms. The van der Waals surface area contributed by atoms with E-state index in [1.807, 2.05) is 0 Å². The first kappa shape index (κ1) is 15.2. The van der Waals surface area contributed by atoms with Crippen molar-refractivity contribution in [3.05, 3.63) is 35.9 Å². The van der Waals surface area contributed by atoms with E-state index in [4.69, 9.17) is 0 Å². The summed E-state index contributed by atoms with van der Waals surface area (Å²) in [6.07, 6.45) is 1.30. The van der Waals surface area contributed by atoms with E-state index >= 15 is 0 Å². The summed E-state index contributed by atoms with van der Waals surface area (Å²) in [6.45, 7) is 13.7. The Morgan fingerprint density at radius 3 is 2.22 bits per heavy atom. The van der Waals surface area contributed by atoms with Crippen LogP contribution in [0.3, 0.4) is 0 Å². The molecule has 0 spiro atoms. The lowest BCUT2D eigenvalue weighted by Crippen LogP contribution is -2.35. The molecule has 18 heavy (non-hydrogen) atoms. The first-order valence-electron chi connectivity index (χ1n) is 7.18. The van der Waals surface area contributed by atoms with Gasteiger partial charge in [0.2, 0.25) is 0 Å². The molecular formula is C17H29N. The molecule has 0 bridgehead atoms. The Kier molecular flexibility index (Phi) is 5.87. The lowest BCUT2D eigenvalue weighted by molar-refractivity contribution is 0.386. The minimum Gasteiger partial charge on any atom is -0.316 e. The highest BCUT2D eigenvalue weighted by Gasteiger charge is 2.19. The van der Waals surface area contributed by atoms with Crippen molar-refractivity contribution >= 4 is 0 Å². The molecule has 1 unspecified atom stereocenters. The molecule has 0 aromatic heterocycles. The monoisotopic (exact) mass is 247 g/mol. The molecule has 0 fully saturated rings. The maximum atomic E-state index is 3.63. The SMILES string of the molecule is CC(C)CC(C)CNCC(C)(C)c1ccccc1. The Balaban J connectivity index is 2.38. The third-order valence-corrected chi connectivity index (χ3v) is 3.49. The molecule has 0 aliphatic carbocycles. The molecule has 1 nitrogen and oxygen atoms in total. The van der Waals surface area contributed by atoms with Crippen LogP contribution < -0.4 is 5.32 Å². The van der Waals surface area contributed by atoms with Crippen molar-refractivity contribution in [1.29, 1.82) is 0 Å². The van der Waals surface area contributed by atoms with Crippen LogP contribution in [0.4, 0.5) is 0 Å². The molecule has 0 aliphatic heterocycles. The Morgan fingerprint density at radius 2 is 1.67 bits per heavy atom. The molecule has 1 aromatic rings. The van der Waals surface area contributed by atoms with E-state index in [0.29, 0.717) is 0 Å². The molecule has 1 rings (SSSR count). The molecule has 0 radical (unpaired) electrons. The zero-order valence-corrected chi connectivity index (χ0v) is 12.7. The van der Waals surface area contributed by atoms with Gasteiger partial charge in [-0.15, -0.1) is 0 Å². The molecule has 102 valence electrons. The van der Waals surface area contributed by atoms with E-state index in [1.54, 1.807) is 0 Å². The summed E-state index contributed by atoms with van der Waals surface area (Å²) in [5.41, 5.74) is 1.62. The van der Waals surface area contributed by atoms with E-state index in [1.165, 1.54) is 12.0 Å². The fourth-order valence-electron chi connectivity index (χ4n) is 2.51. The summed E-state index contributed by atoms with van der Waals surface area (Å²) in [6, 6.07) is 10.8. The predicted molar refractivity (Wildman–Crippen MR) is 81.0 cm³/mol. The van der Waals surface area contributed by atoms with Crippen molar-refractivity contribution in [2.45, 2.75) is 46.5 Å². The van der Waals surface area contributed by atoms with Gasteiger partial charge in [0.15, 0.2) is 0 Å². The average Bonchev–Trinajstić information content (AvgIpc) is 2.29. The summed E-state index contributed by atoms with van der Waals surface area (Å²) in [5, 5.41) is 3.63. The number of benzene rings is 1. The number of hydrogen-bond acceptors (Lipinski definition) is 1. The maximum absolute atomic E-state index is 3.63. The summed E-state index contributed by atoms with van der Waals surface area (Å²) in [7, 11) is 0. The predicted octanol–water partition coefficient (Wildman–Crippen LogP) is 4.24. The fraction of sp³-hybridized carbons (Fsp3) is 0.647. The normalized spacial score (nSPS) is 13.9. The largest absolute Gasteiger partial charge is 0.316 e. The highest BCUT2D eigenvalue weighted by molar-refractivity contribution is 5.23. The van der Waals surface area contributed by atoms with Crippen molar-refractivity contribution in [1.82, 2.24) is 5.32 Å². The second-order valence-corrected chi connectivity index (χ2v) is 6.62. The Bertz CT molecular complexity index is 327. The fourth-order valence-corrected chi connectivity index (χ4v) is 2.51. The molecule has 0 heterocycles. The quantitative estimate of drug-likeness (QED) is 0.760. The van der Waals surface area contributed by atoms with Crippen LogP contribution in [0.2, 0.25) is 0 Å². The van der Waals surface area contributed by atoms with Gasteiger partial charge in [0, 0.05) is 12.0 Å². The lowest BCUT2D eigenvalue weighted by atomic mass is 9.84. The third kappa shape index (κ3) is 5.22. The van der Waals surface area contributed by atoms with E-state index in [-0.39, 0.29) is 5.41 Å². The molecule has 1 aromatic carbocycles. The van der Waals surface area contributed by atoms with Gasteiger partial charge in [-0.1, -0.05) is 65.0 Å². The number of hydrogen-bond donors (Lipinski definition) is 1. The van der Waals surface area contributed by atoms with E-state index < -0.39 is 0 Å². The molecule has 0 saturated carbocycles. The van der Waals surface area contributed by atoms with Gasteiger partial charge in [0.1, 0.15) is 0 Å². The molecule has 0 amide bonds. The first-order chi connectivity index (χ1) is 8.42. The summed E-state index contributed by atoms with van der Waals surface area (Å²) < 4.78 is 0. The van der Waals surface area contributed by atoms with Crippen molar-refractivity contribution in [3.8, 4) is 0 Å². The smallest absolute Gasteiger partial charge is 0.00432 e. The van der Waals surface area contributed by atoms with Crippen LogP contribution in [0.1, 0.15) is 46.6 Å². The third-order valence-electron chi connectivity index (χ3n) is 3.49. The van der Waals surface area contributed by atoms with Crippen LogP contribution in [0.5, 0.6) is 0 Å². The van der Waals surface area contributed by atoms with E-state index in [9.17, 15) is 0 Å². The summed E-state index contributed by atoms with van der Waals surface area (Å²) in [5.74, 6) is 1.56. The Labute approximate surface area is 113 Å². The van der Waals surface area contributed by atoms with Crippen LogP contribution >= 0.6 is 0 Å². The van der Waals surface area contributed by atoms with Gasteiger partial charge < -0.3 is 5.32 Å². The first-order valence-corrected chi connectivity index (χ1v) is 7.18. The maximum Gasteiger partial charge on any atom is 0.00432 e. The highest BCUT2D eigenvalue weighted by atomic mass is 14.9. The van der Waals surface area contributed by atoms with Crippen LogP contribution in [-0.2, 0) is 5.41 Å². The number of rotatable bonds is 7. The van der Waals surface area contributed by atoms with Gasteiger partial charge in [-0.3, -0.25) is 0 Å². The van der Waals surface area contributed by atoms with Crippen molar-refractivity contribution in [3.63, 3.8) is 0 Å². The molecule has 1 atom stereocenters. The van der Waals surface area contributed by atoms with Gasteiger partial charge in [-0.2, -0.15) is 0 Å². The second-order valence-electron chi connectivity index (χ2n) is 6.62. The minimum atomic E-state index is 0.207. The van der Waals surface area contributed by atoms with Gasteiger partial charge >= 0.3 is 0 Å². The van der Waals surface area contributed by atoms with Crippen LogP contribution in [0.15, 0.2) is 30.3 Å². The average molecular weight is 247 g/mol. The lowest BCUT2D eigenvalue weighted by Gasteiger charge is -2.27. The summed E-state index contributed by atoms with van der Waals surface area (Å²) in [4.78, 5) is 0. The topological polar surface area (TPSA) is 12.0 Å². The standard InChI is InChI=1S/C17H29N/c1-14(2)11-15(3)12-18-13-17(4,5)16-9-7-6-8-10-16/h6-10,14-15,18H,11-13H2,1-5H3. The van der Waals surface area contributed by atoms with E-state index in [2.05, 4.69) is 70.3 Å².